The molecule has 0 saturated heterocycles. The van der Waals surface area contributed by atoms with Crippen molar-refractivity contribution in [3.8, 4) is 0 Å². The molecular formula is C20H20N6O. The molecule has 1 aromatic carbocycles. The van der Waals surface area contributed by atoms with Crippen LogP contribution in [0.2, 0.25) is 0 Å². The summed E-state index contributed by atoms with van der Waals surface area (Å²) in [6, 6.07) is 14.0. The van der Waals surface area contributed by atoms with Gasteiger partial charge in [-0.25, -0.2) is 9.67 Å². The summed E-state index contributed by atoms with van der Waals surface area (Å²) in [5.41, 5.74) is 5.08. The van der Waals surface area contributed by atoms with Gasteiger partial charge in [-0.15, -0.1) is 5.10 Å². The summed E-state index contributed by atoms with van der Waals surface area (Å²) in [7, 11) is 0. The Kier molecular flexibility index (Phi) is 4.42. The number of carbonyl (C=O) groups is 1. The number of nitrogens with zero attached hydrogens (tertiary/aromatic N) is 5. The van der Waals surface area contributed by atoms with E-state index < -0.39 is 0 Å². The van der Waals surface area contributed by atoms with Crippen LogP contribution in [0.15, 0.2) is 54.9 Å². The predicted octanol–water partition coefficient (Wildman–Crippen LogP) is 2.52. The first-order chi connectivity index (χ1) is 13.1. The minimum absolute atomic E-state index is 0.181. The highest BCUT2D eigenvalue weighted by molar-refractivity contribution is 5.94. The van der Waals surface area contributed by atoms with E-state index in [-0.39, 0.29) is 5.91 Å². The molecule has 1 amide bonds. The first-order valence-electron chi connectivity index (χ1n) is 8.76. The Labute approximate surface area is 156 Å². The number of hydrogen-bond donors (Lipinski definition) is 1. The Morgan fingerprint density at radius 3 is 2.74 bits per heavy atom. The third kappa shape index (κ3) is 3.57. The first-order valence-corrected chi connectivity index (χ1v) is 8.76. The summed E-state index contributed by atoms with van der Waals surface area (Å²) in [6.45, 7) is 4.85. The predicted molar refractivity (Wildman–Crippen MR) is 101 cm³/mol. The second kappa shape index (κ2) is 7.03. The Bertz CT molecular complexity index is 1090. The molecule has 3 heterocycles. The number of rotatable bonds is 5. The maximum atomic E-state index is 12.6. The van der Waals surface area contributed by atoms with E-state index >= 15 is 0 Å². The number of carbonyl (C=O) groups excluding carboxylic acids is 1. The number of benzene rings is 1. The molecule has 0 fully saturated rings. The molecule has 4 aromatic rings. The lowest BCUT2D eigenvalue weighted by molar-refractivity contribution is 0.0944. The number of aromatic nitrogens is 5. The SMILES string of the molecule is Cc1ccc(Cn2cc(CNC(=O)c3c(C)nc4ccccn34)nn2)cc1. The van der Waals surface area contributed by atoms with Crippen molar-refractivity contribution in [2.24, 2.45) is 0 Å². The van der Waals surface area contributed by atoms with Gasteiger partial charge in [0.25, 0.3) is 5.91 Å². The smallest absolute Gasteiger partial charge is 0.270 e. The number of nitrogens with one attached hydrogen (secondary N) is 1. The van der Waals surface area contributed by atoms with Crippen LogP contribution in [0.1, 0.15) is 33.0 Å². The molecule has 7 heteroatoms. The third-order valence-corrected chi connectivity index (χ3v) is 4.40. The number of pyridine rings is 1. The van der Waals surface area contributed by atoms with Gasteiger partial charge in [-0.3, -0.25) is 9.20 Å². The quantitative estimate of drug-likeness (QED) is 0.593. The molecule has 0 unspecified atom stereocenters. The average Bonchev–Trinajstić information content (AvgIpc) is 3.24. The monoisotopic (exact) mass is 360 g/mol. The molecule has 27 heavy (non-hydrogen) atoms. The topological polar surface area (TPSA) is 77.1 Å². The van der Waals surface area contributed by atoms with E-state index in [0.29, 0.717) is 30.2 Å². The fourth-order valence-corrected chi connectivity index (χ4v) is 3.02. The maximum Gasteiger partial charge on any atom is 0.270 e. The Morgan fingerprint density at radius 1 is 1.11 bits per heavy atom. The van der Waals surface area contributed by atoms with Crippen LogP contribution in [0, 0.1) is 13.8 Å². The van der Waals surface area contributed by atoms with Gasteiger partial charge in [0, 0.05) is 6.20 Å². The lowest BCUT2D eigenvalue weighted by Gasteiger charge is -2.04. The van der Waals surface area contributed by atoms with Gasteiger partial charge in [0.05, 0.1) is 25.0 Å². The maximum absolute atomic E-state index is 12.6. The van der Waals surface area contributed by atoms with Gasteiger partial charge < -0.3 is 5.32 Å². The highest BCUT2D eigenvalue weighted by Gasteiger charge is 2.16. The highest BCUT2D eigenvalue weighted by Crippen LogP contribution is 2.12. The highest BCUT2D eigenvalue weighted by atomic mass is 16.1. The van der Waals surface area contributed by atoms with Crippen molar-refractivity contribution >= 4 is 11.6 Å². The van der Waals surface area contributed by atoms with E-state index in [2.05, 4.69) is 51.8 Å². The lowest BCUT2D eigenvalue weighted by Crippen LogP contribution is -2.25. The molecule has 0 saturated carbocycles. The van der Waals surface area contributed by atoms with Crippen LogP contribution < -0.4 is 5.32 Å². The zero-order valence-corrected chi connectivity index (χ0v) is 15.3. The van der Waals surface area contributed by atoms with Gasteiger partial charge >= 0.3 is 0 Å². The molecule has 0 aliphatic heterocycles. The van der Waals surface area contributed by atoms with Crippen molar-refractivity contribution in [2.75, 3.05) is 0 Å². The van der Waals surface area contributed by atoms with Crippen molar-refractivity contribution < 1.29 is 4.79 Å². The Balaban J connectivity index is 1.43. The molecule has 1 N–H and O–H groups in total. The number of imidazole rings is 1. The zero-order valence-electron chi connectivity index (χ0n) is 15.3. The van der Waals surface area contributed by atoms with Gasteiger partial charge in [0.1, 0.15) is 17.0 Å². The Morgan fingerprint density at radius 2 is 1.93 bits per heavy atom. The van der Waals surface area contributed by atoms with Gasteiger partial charge in [-0.1, -0.05) is 41.1 Å². The van der Waals surface area contributed by atoms with E-state index in [1.807, 2.05) is 37.5 Å². The van der Waals surface area contributed by atoms with Crippen molar-refractivity contribution in [1.29, 1.82) is 0 Å². The van der Waals surface area contributed by atoms with Crippen LogP contribution in [0.3, 0.4) is 0 Å². The summed E-state index contributed by atoms with van der Waals surface area (Å²) in [4.78, 5) is 17.0. The van der Waals surface area contributed by atoms with E-state index in [1.165, 1.54) is 5.56 Å². The molecule has 3 aromatic heterocycles. The average molecular weight is 360 g/mol. The first kappa shape index (κ1) is 17.0. The van der Waals surface area contributed by atoms with E-state index in [4.69, 9.17) is 0 Å². The molecule has 0 aliphatic carbocycles. The molecule has 0 bridgehead atoms. The number of hydrogen-bond acceptors (Lipinski definition) is 4. The van der Waals surface area contributed by atoms with E-state index in [1.54, 1.807) is 9.08 Å². The Hall–Kier alpha value is -3.48. The molecule has 0 aliphatic rings. The second-order valence-electron chi connectivity index (χ2n) is 6.55. The lowest BCUT2D eigenvalue weighted by atomic mass is 10.1. The molecular weight excluding hydrogens is 340 g/mol. The van der Waals surface area contributed by atoms with Gasteiger partial charge in [0.2, 0.25) is 0 Å². The van der Waals surface area contributed by atoms with Gasteiger partial charge in [-0.2, -0.15) is 0 Å². The van der Waals surface area contributed by atoms with Crippen LogP contribution in [0.5, 0.6) is 0 Å². The fourth-order valence-electron chi connectivity index (χ4n) is 3.02. The zero-order chi connectivity index (χ0) is 18.8. The summed E-state index contributed by atoms with van der Waals surface area (Å²) in [5, 5.41) is 11.2. The van der Waals surface area contributed by atoms with Crippen molar-refractivity contribution in [3.05, 3.63) is 83.1 Å². The standard InChI is InChI=1S/C20H20N6O/c1-14-6-8-16(9-7-14)12-25-13-17(23-24-25)11-21-20(27)19-15(2)22-18-5-3-4-10-26(18)19/h3-10,13H,11-12H2,1-2H3,(H,21,27). The van der Waals surface area contributed by atoms with Crippen LogP contribution in [-0.2, 0) is 13.1 Å². The number of fused-ring (bicyclic) bond motifs is 1. The molecule has 7 nitrogen and oxygen atoms in total. The third-order valence-electron chi connectivity index (χ3n) is 4.40. The number of aryl methyl sites for hydroxylation is 2. The summed E-state index contributed by atoms with van der Waals surface area (Å²) >= 11 is 0. The normalized spacial score (nSPS) is 11.0. The largest absolute Gasteiger partial charge is 0.345 e. The minimum atomic E-state index is -0.181. The van der Waals surface area contributed by atoms with E-state index in [0.717, 1.165) is 11.2 Å². The van der Waals surface area contributed by atoms with Crippen LogP contribution >= 0.6 is 0 Å². The minimum Gasteiger partial charge on any atom is -0.345 e. The van der Waals surface area contributed by atoms with Crippen molar-refractivity contribution in [1.82, 2.24) is 29.7 Å². The second-order valence-corrected chi connectivity index (χ2v) is 6.55. The molecule has 0 spiro atoms. The van der Waals surface area contributed by atoms with Crippen LogP contribution in [0.25, 0.3) is 5.65 Å². The summed E-state index contributed by atoms with van der Waals surface area (Å²) < 4.78 is 3.56. The van der Waals surface area contributed by atoms with Crippen LogP contribution in [-0.4, -0.2) is 30.3 Å². The number of amides is 1. The molecule has 0 radical (unpaired) electrons. The molecule has 136 valence electrons. The van der Waals surface area contributed by atoms with E-state index in [9.17, 15) is 4.79 Å². The van der Waals surface area contributed by atoms with Gasteiger partial charge in [-0.05, 0) is 31.5 Å². The summed E-state index contributed by atoms with van der Waals surface area (Å²) in [6.07, 6.45) is 3.68. The van der Waals surface area contributed by atoms with Gasteiger partial charge in [0.15, 0.2) is 0 Å². The van der Waals surface area contributed by atoms with Crippen LogP contribution in [0.4, 0.5) is 0 Å². The molecule has 0 atom stereocenters. The summed E-state index contributed by atoms with van der Waals surface area (Å²) in [5.74, 6) is -0.181. The fraction of sp³-hybridized carbons (Fsp3) is 0.200. The molecule has 4 rings (SSSR count). The van der Waals surface area contributed by atoms with Crippen molar-refractivity contribution in [2.45, 2.75) is 26.9 Å². The van der Waals surface area contributed by atoms with Crippen molar-refractivity contribution in [3.63, 3.8) is 0 Å².